The smallest absolute Gasteiger partial charge is 0.128 e. The molecule has 0 unspecified atom stereocenters. The molecule has 0 spiro atoms. The van der Waals surface area contributed by atoms with Gasteiger partial charge in [0, 0.05) is 10.7 Å². The topological polar surface area (TPSA) is 32.6 Å². The lowest BCUT2D eigenvalue weighted by atomic mass is 10.2. The van der Waals surface area contributed by atoms with Crippen molar-refractivity contribution in [2.24, 2.45) is 4.99 Å². The van der Waals surface area contributed by atoms with Gasteiger partial charge in [-0.25, -0.2) is 0 Å². The molecular weight excluding hydrogens is 393 g/mol. The summed E-state index contributed by atoms with van der Waals surface area (Å²) >= 11 is 5.49. The van der Waals surface area contributed by atoms with Gasteiger partial charge < -0.3 is 5.11 Å². The molecule has 0 aliphatic carbocycles. The Hall–Kier alpha value is -0.880. The minimum Gasteiger partial charge on any atom is -0.507 e. The van der Waals surface area contributed by atoms with Gasteiger partial charge in [0.1, 0.15) is 5.75 Å². The third-order valence-corrected chi connectivity index (χ3v) is 3.50. The number of benzene rings is 2. The maximum atomic E-state index is 9.41. The van der Waals surface area contributed by atoms with E-state index in [1.165, 1.54) is 0 Å². The van der Waals surface area contributed by atoms with Crippen molar-refractivity contribution in [2.45, 2.75) is 0 Å². The first-order chi connectivity index (χ1) is 8.15. The van der Waals surface area contributed by atoms with Crippen molar-refractivity contribution in [3.05, 3.63) is 56.1 Å². The summed E-state index contributed by atoms with van der Waals surface area (Å²) in [5.41, 5.74) is 1.86. The van der Waals surface area contributed by atoms with Gasteiger partial charge in [0.25, 0.3) is 0 Å². The number of hydrogen-bond acceptors (Lipinski definition) is 2. The quantitative estimate of drug-likeness (QED) is 0.582. The molecule has 0 saturated heterocycles. The summed E-state index contributed by atoms with van der Waals surface area (Å²) in [4.78, 5) is 4.37. The van der Waals surface area contributed by atoms with E-state index in [-0.39, 0.29) is 0 Å². The molecule has 0 heterocycles. The Balaban J connectivity index is 2.23. The van der Waals surface area contributed by atoms with E-state index in [1.807, 2.05) is 36.4 Å². The Morgan fingerprint density at radius 2 is 2.00 bits per heavy atom. The van der Waals surface area contributed by atoms with Crippen LogP contribution in [0, 0.1) is 3.57 Å². The molecule has 0 atom stereocenters. The van der Waals surface area contributed by atoms with Gasteiger partial charge in [-0.15, -0.1) is 0 Å². The molecule has 0 aromatic heterocycles. The Kier molecular flexibility index (Phi) is 4.17. The van der Waals surface area contributed by atoms with Crippen molar-refractivity contribution in [1.29, 1.82) is 0 Å². The van der Waals surface area contributed by atoms with Gasteiger partial charge in [-0.05, 0) is 64.6 Å². The van der Waals surface area contributed by atoms with Crippen molar-refractivity contribution in [3.63, 3.8) is 0 Å². The van der Waals surface area contributed by atoms with Crippen LogP contribution in [-0.4, -0.2) is 11.3 Å². The zero-order valence-corrected chi connectivity index (χ0v) is 12.5. The third-order valence-electron chi connectivity index (χ3n) is 2.14. The summed E-state index contributed by atoms with van der Waals surface area (Å²) in [5, 5.41) is 9.41. The van der Waals surface area contributed by atoms with Crippen molar-refractivity contribution in [3.8, 4) is 5.75 Å². The summed E-state index contributed by atoms with van der Waals surface area (Å²) in [7, 11) is 0. The molecule has 86 valence electrons. The molecular formula is C13H9BrINO. The van der Waals surface area contributed by atoms with Gasteiger partial charge in [0.05, 0.1) is 9.26 Å². The predicted molar refractivity (Wildman–Crippen MR) is 82.2 cm³/mol. The van der Waals surface area contributed by atoms with Crippen LogP contribution in [0.25, 0.3) is 0 Å². The van der Waals surface area contributed by atoms with Gasteiger partial charge in [-0.1, -0.05) is 22.0 Å². The second-order valence-corrected chi connectivity index (χ2v) is 5.53. The maximum Gasteiger partial charge on any atom is 0.128 e. The SMILES string of the molecule is Oc1ccc(C=Nc2cccc(Br)c2)cc1I. The van der Waals surface area contributed by atoms with Crippen molar-refractivity contribution in [2.75, 3.05) is 0 Å². The molecule has 2 aromatic carbocycles. The van der Waals surface area contributed by atoms with E-state index in [2.05, 4.69) is 43.5 Å². The first-order valence-electron chi connectivity index (χ1n) is 4.93. The molecule has 2 rings (SSSR count). The number of hydrogen-bond donors (Lipinski definition) is 1. The molecule has 0 aliphatic heterocycles. The second-order valence-electron chi connectivity index (χ2n) is 3.45. The number of aromatic hydroxyl groups is 1. The van der Waals surface area contributed by atoms with E-state index in [9.17, 15) is 5.11 Å². The fourth-order valence-electron chi connectivity index (χ4n) is 1.31. The van der Waals surface area contributed by atoms with Gasteiger partial charge in [0.15, 0.2) is 0 Å². The number of nitrogens with zero attached hydrogens (tertiary/aromatic N) is 1. The van der Waals surface area contributed by atoms with E-state index >= 15 is 0 Å². The number of halogens is 2. The van der Waals surface area contributed by atoms with Crippen LogP contribution in [0.3, 0.4) is 0 Å². The molecule has 0 radical (unpaired) electrons. The van der Waals surface area contributed by atoms with E-state index < -0.39 is 0 Å². The average molecular weight is 402 g/mol. The standard InChI is InChI=1S/C13H9BrINO/c14-10-2-1-3-11(7-10)16-8-9-4-5-13(17)12(15)6-9/h1-8,17H. The minimum atomic E-state index is 0.296. The van der Waals surface area contributed by atoms with Gasteiger partial charge in [-0.3, -0.25) is 4.99 Å². The molecule has 0 saturated carbocycles. The lowest BCUT2D eigenvalue weighted by molar-refractivity contribution is 0.471. The summed E-state index contributed by atoms with van der Waals surface area (Å²) in [6, 6.07) is 13.2. The Morgan fingerprint density at radius 1 is 1.18 bits per heavy atom. The molecule has 0 amide bonds. The number of phenolic OH excluding ortho intramolecular Hbond substituents is 1. The highest BCUT2D eigenvalue weighted by Crippen LogP contribution is 2.21. The van der Waals surface area contributed by atoms with E-state index in [0.717, 1.165) is 19.3 Å². The summed E-state index contributed by atoms with van der Waals surface area (Å²) in [6.45, 7) is 0. The Bertz CT molecular complexity index is 569. The van der Waals surface area contributed by atoms with Crippen LogP contribution in [0.15, 0.2) is 51.9 Å². The van der Waals surface area contributed by atoms with Crippen LogP contribution in [0.1, 0.15) is 5.56 Å². The monoisotopic (exact) mass is 401 g/mol. The number of aliphatic imine (C=N–C) groups is 1. The second kappa shape index (κ2) is 5.64. The molecule has 0 bridgehead atoms. The molecule has 0 aliphatic rings. The first kappa shape index (κ1) is 12.6. The van der Waals surface area contributed by atoms with Crippen molar-refractivity contribution < 1.29 is 5.11 Å². The van der Waals surface area contributed by atoms with Crippen LogP contribution < -0.4 is 0 Å². The Labute approximate surface area is 122 Å². The van der Waals surface area contributed by atoms with Crippen LogP contribution >= 0.6 is 38.5 Å². The van der Waals surface area contributed by atoms with Crippen LogP contribution in [0.2, 0.25) is 0 Å². The van der Waals surface area contributed by atoms with E-state index in [4.69, 9.17) is 0 Å². The van der Waals surface area contributed by atoms with Crippen LogP contribution in [0.4, 0.5) is 5.69 Å². The zero-order chi connectivity index (χ0) is 12.3. The van der Waals surface area contributed by atoms with Gasteiger partial charge in [0.2, 0.25) is 0 Å². The largest absolute Gasteiger partial charge is 0.507 e. The summed E-state index contributed by atoms with van der Waals surface area (Å²) in [5.74, 6) is 0.296. The number of phenols is 1. The average Bonchev–Trinajstić information content (AvgIpc) is 2.31. The molecule has 2 aromatic rings. The van der Waals surface area contributed by atoms with Crippen molar-refractivity contribution in [1.82, 2.24) is 0 Å². The lowest BCUT2D eigenvalue weighted by Crippen LogP contribution is -1.82. The molecule has 2 nitrogen and oxygen atoms in total. The summed E-state index contributed by atoms with van der Waals surface area (Å²) < 4.78 is 1.83. The van der Waals surface area contributed by atoms with E-state index in [1.54, 1.807) is 12.3 Å². The molecule has 17 heavy (non-hydrogen) atoms. The third kappa shape index (κ3) is 3.54. The van der Waals surface area contributed by atoms with E-state index in [0.29, 0.717) is 5.75 Å². The van der Waals surface area contributed by atoms with Gasteiger partial charge in [-0.2, -0.15) is 0 Å². The molecule has 0 fully saturated rings. The highest BCUT2D eigenvalue weighted by molar-refractivity contribution is 14.1. The lowest BCUT2D eigenvalue weighted by Gasteiger charge is -1.98. The van der Waals surface area contributed by atoms with Crippen LogP contribution in [-0.2, 0) is 0 Å². The fourth-order valence-corrected chi connectivity index (χ4v) is 2.24. The summed E-state index contributed by atoms with van der Waals surface area (Å²) in [6.07, 6.45) is 1.78. The van der Waals surface area contributed by atoms with Crippen molar-refractivity contribution >= 4 is 50.4 Å². The highest BCUT2D eigenvalue weighted by atomic mass is 127. The minimum absolute atomic E-state index is 0.296. The molecule has 1 N–H and O–H groups in total. The Morgan fingerprint density at radius 3 is 2.71 bits per heavy atom. The first-order valence-corrected chi connectivity index (χ1v) is 6.80. The predicted octanol–water partition coefficient (Wildman–Crippen LogP) is 4.51. The van der Waals surface area contributed by atoms with Crippen LogP contribution in [0.5, 0.6) is 5.75 Å². The molecule has 4 heteroatoms. The van der Waals surface area contributed by atoms with Gasteiger partial charge >= 0.3 is 0 Å². The highest BCUT2D eigenvalue weighted by Gasteiger charge is 1.97. The normalized spacial score (nSPS) is 10.9. The zero-order valence-electron chi connectivity index (χ0n) is 8.77. The number of rotatable bonds is 2. The fraction of sp³-hybridized carbons (Fsp3) is 0. The maximum absolute atomic E-state index is 9.41.